The van der Waals surface area contributed by atoms with Gasteiger partial charge in [-0.3, -0.25) is 18.9 Å². The van der Waals surface area contributed by atoms with Crippen LogP contribution in [0.2, 0.25) is 0 Å². The highest BCUT2D eigenvalue weighted by Crippen LogP contribution is 2.67. The number of ether oxygens (including phenoxy) is 1. The maximum atomic E-state index is 14.3. The highest BCUT2D eigenvalue weighted by atomic mass is 32.2. The first-order chi connectivity index (χ1) is 19.5. The van der Waals surface area contributed by atoms with E-state index in [4.69, 9.17) is 4.55 Å². The van der Waals surface area contributed by atoms with Crippen LogP contribution in [0.1, 0.15) is 85.0 Å². The van der Waals surface area contributed by atoms with E-state index < -0.39 is 50.0 Å². The molecule has 0 aromatic heterocycles. The first-order valence-corrected chi connectivity index (χ1v) is 16.0. The van der Waals surface area contributed by atoms with Gasteiger partial charge in [0.2, 0.25) is 17.4 Å². The minimum absolute atomic E-state index is 0.0235. The Labute approximate surface area is 242 Å². The van der Waals surface area contributed by atoms with Crippen molar-refractivity contribution in [3.8, 4) is 5.75 Å². The summed E-state index contributed by atoms with van der Waals surface area (Å²) in [6.07, 6.45) is 5.79. The molecule has 0 bridgehead atoms. The third kappa shape index (κ3) is 4.90. The standard InChI is InChI=1S/C30H36F4O7S/c1-14(4-7-21(37)41-27-23(31)25(33)28(42(38,39)40)26(34)24(27)32)17-5-6-18-22-19(9-11-30(17,18)3)29(2)10-8-16(35)12-15(29)13-20(22)36/h14-15,17-19,22H,4-13H2,1-3H3,(H,38,39,40)/t14-,15+,17-,18+,19+,22+,29+,30-/m1/s1. The zero-order valence-corrected chi connectivity index (χ0v) is 24.7. The molecule has 42 heavy (non-hydrogen) atoms. The van der Waals surface area contributed by atoms with Crippen LogP contribution in [0.25, 0.3) is 0 Å². The fourth-order valence-electron chi connectivity index (χ4n) is 9.32. The smallest absolute Gasteiger partial charge is 0.311 e. The lowest BCUT2D eigenvalue weighted by molar-refractivity contribution is -0.159. The van der Waals surface area contributed by atoms with Crippen molar-refractivity contribution < 1.29 is 49.7 Å². The number of rotatable bonds is 6. The largest absolute Gasteiger partial charge is 0.420 e. The van der Waals surface area contributed by atoms with Crippen LogP contribution in [0.15, 0.2) is 4.90 Å². The molecule has 232 valence electrons. The molecule has 1 aromatic carbocycles. The topological polar surface area (TPSA) is 115 Å². The predicted molar refractivity (Wildman–Crippen MR) is 141 cm³/mol. The lowest BCUT2D eigenvalue weighted by Gasteiger charge is -2.59. The maximum absolute atomic E-state index is 14.3. The Morgan fingerprint density at radius 1 is 0.952 bits per heavy atom. The summed E-state index contributed by atoms with van der Waals surface area (Å²) < 4.78 is 92.6. The Balaban J connectivity index is 1.27. The van der Waals surface area contributed by atoms with Crippen LogP contribution in [0.5, 0.6) is 5.75 Å². The van der Waals surface area contributed by atoms with E-state index in [0.29, 0.717) is 19.3 Å². The molecule has 5 rings (SSSR count). The molecule has 12 heteroatoms. The average molecular weight is 617 g/mol. The lowest BCUT2D eigenvalue weighted by Crippen LogP contribution is -2.57. The van der Waals surface area contributed by atoms with Gasteiger partial charge in [0.15, 0.2) is 16.5 Å². The Morgan fingerprint density at radius 3 is 2.19 bits per heavy atom. The van der Waals surface area contributed by atoms with Crippen LogP contribution in [-0.2, 0) is 24.5 Å². The molecule has 0 radical (unpaired) electrons. The Kier molecular flexibility index (Phi) is 7.91. The van der Waals surface area contributed by atoms with Crippen molar-refractivity contribution in [2.75, 3.05) is 0 Å². The molecule has 4 aliphatic carbocycles. The minimum atomic E-state index is -5.63. The second-order valence-electron chi connectivity index (χ2n) is 13.5. The molecule has 0 unspecified atom stereocenters. The van der Waals surface area contributed by atoms with Gasteiger partial charge in [-0.1, -0.05) is 20.8 Å². The second kappa shape index (κ2) is 10.7. The number of hydrogen-bond donors (Lipinski definition) is 1. The summed E-state index contributed by atoms with van der Waals surface area (Å²) in [5.41, 5.74) is -0.172. The summed E-state index contributed by atoms with van der Waals surface area (Å²) in [5, 5.41) is 0. The van der Waals surface area contributed by atoms with Gasteiger partial charge >= 0.3 is 16.1 Å². The number of ketones is 2. The number of hydrogen-bond acceptors (Lipinski definition) is 6. The number of carbonyl (C=O) groups is 3. The van der Waals surface area contributed by atoms with Crippen molar-refractivity contribution >= 4 is 27.7 Å². The van der Waals surface area contributed by atoms with E-state index in [1.54, 1.807) is 0 Å². The average Bonchev–Trinajstić information content (AvgIpc) is 3.26. The molecule has 0 aliphatic heterocycles. The number of halogens is 4. The molecule has 7 nitrogen and oxygen atoms in total. The summed E-state index contributed by atoms with van der Waals surface area (Å²) in [6, 6.07) is 0. The second-order valence-corrected chi connectivity index (χ2v) is 14.8. The Bertz CT molecular complexity index is 1420. The van der Waals surface area contributed by atoms with Gasteiger partial charge in [0.1, 0.15) is 11.6 Å². The van der Waals surface area contributed by atoms with Crippen molar-refractivity contribution in [2.45, 2.75) is 89.9 Å². The van der Waals surface area contributed by atoms with Crippen LogP contribution >= 0.6 is 0 Å². The van der Waals surface area contributed by atoms with E-state index in [2.05, 4.69) is 18.6 Å². The van der Waals surface area contributed by atoms with Crippen molar-refractivity contribution in [3.05, 3.63) is 23.3 Å². The molecule has 0 saturated heterocycles. The van der Waals surface area contributed by atoms with Crippen molar-refractivity contribution in [1.82, 2.24) is 0 Å². The summed E-state index contributed by atoms with van der Waals surface area (Å²) in [7, 11) is -5.63. The number of carbonyl (C=O) groups excluding carboxylic acids is 3. The molecule has 0 heterocycles. The summed E-state index contributed by atoms with van der Waals surface area (Å²) in [5.74, 6) is -11.0. The molecule has 1 N–H and O–H groups in total. The van der Waals surface area contributed by atoms with Gasteiger partial charge in [-0.2, -0.15) is 17.2 Å². The maximum Gasteiger partial charge on any atom is 0.311 e. The van der Waals surface area contributed by atoms with Crippen molar-refractivity contribution in [1.29, 1.82) is 0 Å². The third-order valence-electron chi connectivity index (χ3n) is 11.5. The molecular weight excluding hydrogens is 580 g/mol. The fraction of sp³-hybridized carbons (Fsp3) is 0.700. The molecule has 4 aliphatic rings. The molecule has 1 aromatic rings. The Morgan fingerprint density at radius 2 is 1.57 bits per heavy atom. The quantitative estimate of drug-likeness (QED) is 0.133. The molecule has 4 fully saturated rings. The molecule has 8 atom stereocenters. The number of fused-ring (bicyclic) bond motifs is 5. The Hall–Kier alpha value is -2.34. The highest BCUT2D eigenvalue weighted by molar-refractivity contribution is 7.85. The van der Waals surface area contributed by atoms with Gasteiger partial charge < -0.3 is 4.74 Å². The van der Waals surface area contributed by atoms with Gasteiger partial charge in [0.05, 0.1) is 0 Å². The zero-order valence-electron chi connectivity index (χ0n) is 23.9. The number of benzene rings is 1. The molecule has 0 spiro atoms. The van der Waals surface area contributed by atoms with Crippen LogP contribution in [0.3, 0.4) is 0 Å². The van der Waals surface area contributed by atoms with Crippen LogP contribution in [-0.4, -0.2) is 30.5 Å². The monoisotopic (exact) mass is 616 g/mol. The summed E-state index contributed by atoms with van der Waals surface area (Å²) in [6.45, 7) is 6.43. The number of esters is 1. The minimum Gasteiger partial charge on any atom is -0.420 e. The van der Waals surface area contributed by atoms with Gasteiger partial charge in [-0.05, 0) is 78.9 Å². The molecular formula is C30H36F4O7S. The van der Waals surface area contributed by atoms with E-state index in [0.717, 1.165) is 32.1 Å². The van der Waals surface area contributed by atoms with Crippen LogP contribution in [0, 0.1) is 69.6 Å². The van der Waals surface area contributed by atoms with E-state index in [9.17, 15) is 40.4 Å². The van der Waals surface area contributed by atoms with Crippen molar-refractivity contribution in [2.24, 2.45) is 46.3 Å². The van der Waals surface area contributed by atoms with E-state index in [1.807, 2.05) is 6.92 Å². The van der Waals surface area contributed by atoms with Crippen LogP contribution in [0.4, 0.5) is 17.6 Å². The van der Waals surface area contributed by atoms with Gasteiger partial charge in [0, 0.05) is 31.6 Å². The number of Topliss-reactive ketones (excluding diaryl/α,β-unsaturated/α-hetero) is 2. The van der Waals surface area contributed by atoms with E-state index >= 15 is 0 Å². The van der Waals surface area contributed by atoms with Crippen molar-refractivity contribution in [3.63, 3.8) is 0 Å². The summed E-state index contributed by atoms with van der Waals surface area (Å²) in [4.78, 5) is 36.0. The first-order valence-electron chi connectivity index (χ1n) is 14.6. The molecule has 4 saturated carbocycles. The summed E-state index contributed by atoms with van der Waals surface area (Å²) >= 11 is 0. The lowest BCUT2D eigenvalue weighted by atomic mass is 9.44. The van der Waals surface area contributed by atoms with Gasteiger partial charge in [-0.15, -0.1) is 0 Å². The normalized spacial score (nSPS) is 35.3. The molecule has 0 amide bonds. The van der Waals surface area contributed by atoms with E-state index in [-0.39, 0.29) is 70.7 Å². The fourth-order valence-corrected chi connectivity index (χ4v) is 9.95. The highest BCUT2D eigenvalue weighted by Gasteiger charge is 2.63. The zero-order chi connectivity index (χ0) is 30.9. The SMILES string of the molecule is C[C@H](CCC(=O)Oc1c(F)c(F)c(S(=O)(=O)O)c(F)c1F)[C@H]1CC[C@H]2[C@@H]3C(=O)C[C@@H]4CC(=O)CC[C@]4(C)[C@H]3CC[C@]12C. The first kappa shape index (κ1) is 31.1. The van der Waals surface area contributed by atoms with E-state index in [1.165, 1.54) is 0 Å². The predicted octanol–water partition coefficient (Wildman–Crippen LogP) is 6.22. The third-order valence-corrected chi connectivity index (χ3v) is 12.4. The van der Waals surface area contributed by atoms with Gasteiger partial charge in [-0.25, -0.2) is 8.78 Å². The van der Waals surface area contributed by atoms with Crippen LogP contribution < -0.4 is 4.74 Å². The van der Waals surface area contributed by atoms with Gasteiger partial charge in [0.25, 0.3) is 0 Å².